The van der Waals surface area contributed by atoms with Gasteiger partial charge < -0.3 is 10.3 Å². The van der Waals surface area contributed by atoms with E-state index in [9.17, 15) is 0 Å². The number of H-pyrrole nitrogens is 1. The highest BCUT2D eigenvalue weighted by molar-refractivity contribution is 5.80. The molecule has 0 aliphatic carbocycles. The van der Waals surface area contributed by atoms with Crippen LogP contribution in [0.5, 0.6) is 0 Å². The van der Waals surface area contributed by atoms with Crippen LogP contribution in [0, 0.1) is 6.92 Å². The normalized spacial score (nSPS) is 18.0. The molecule has 1 aromatic carbocycles. The lowest BCUT2D eigenvalue weighted by molar-refractivity contribution is 0.356. The number of nitrogens with zero attached hydrogens (tertiary/aromatic N) is 3. The molecule has 21 heavy (non-hydrogen) atoms. The average Bonchev–Trinajstić information content (AvgIpc) is 3.06. The molecule has 108 valence electrons. The zero-order chi connectivity index (χ0) is 14.2. The number of hydrogen-bond acceptors (Lipinski definition) is 3. The molecule has 0 saturated carbocycles. The summed E-state index contributed by atoms with van der Waals surface area (Å²) in [6, 6.07) is 11.1. The Balaban J connectivity index is 1.43. The van der Waals surface area contributed by atoms with E-state index in [-0.39, 0.29) is 0 Å². The van der Waals surface area contributed by atoms with Gasteiger partial charge in [0, 0.05) is 30.2 Å². The lowest BCUT2D eigenvalue weighted by Gasteiger charge is -2.23. The molecular formula is C16H19N5. The van der Waals surface area contributed by atoms with Crippen molar-refractivity contribution in [2.24, 2.45) is 0 Å². The lowest BCUT2D eigenvalue weighted by atomic mass is 10.1. The number of aryl methyl sites for hydroxylation is 2. The quantitative estimate of drug-likeness (QED) is 0.773. The number of aromatic nitrogens is 4. The van der Waals surface area contributed by atoms with Crippen molar-refractivity contribution in [3.63, 3.8) is 0 Å². The topological polar surface area (TPSA) is 58.5 Å². The SMILES string of the molecule is Cc1nc2n(n1)CC(NCc1cc3ccccc3[nH]1)CC2. The second-order valence-corrected chi connectivity index (χ2v) is 5.76. The lowest BCUT2D eigenvalue weighted by Crippen LogP contribution is -2.37. The van der Waals surface area contributed by atoms with Crippen molar-refractivity contribution in [1.82, 2.24) is 25.1 Å². The molecule has 4 rings (SSSR count). The number of nitrogens with one attached hydrogen (secondary N) is 2. The van der Waals surface area contributed by atoms with Gasteiger partial charge in [-0.3, -0.25) is 0 Å². The van der Waals surface area contributed by atoms with E-state index < -0.39 is 0 Å². The summed E-state index contributed by atoms with van der Waals surface area (Å²) in [6.07, 6.45) is 2.13. The molecule has 0 fully saturated rings. The van der Waals surface area contributed by atoms with Crippen LogP contribution >= 0.6 is 0 Å². The Bertz CT molecular complexity index is 737. The van der Waals surface area contributed by atoms with Crippen molar-refractivity contribution in [2.45, 2.75) is 38.9 Å². The summed E-state index contributed by atoms with van der Waals surface area (Å²) < 4.78 is 2.04. The van der Waals surface area contributed by atoms with E-state index in [1.165, 1.54) is 16.6 Å². The molecule has 2 N–H and O–H groups in total. The third kappa shape index (κ3) is 2.45. The highest BCUT2D eigenvalue weighted by Gasteiger charge is 2.20. The van der Waals surface area contributed by atoms with Crippen molar-refractivity contribution < 1.29 is 0 Å². The first-order chi connectivity index (χ1) is 10.3. The number of benzene rings is 1. The second kappa shape index (κ2) is 5.00. The third-order valence-corrected chi connectivity index (χ3v) is 4.13. The number of aromatic amines is 1. The van der Waals surface area contributed by atoms with Crippen molar-refractivity contribution in [3.05, 3.63) is 47.7 Å². The minimum absolute atomic E-state index is 0.463. The van der Waals surface area contributed by atoms with Crippen LogP contribution in [0.2, 0.25) is 0 Å². The van der Waals surface area contributed by atoms with Crippen LogP contribution in [0.4, 0.5) is 0 Å². The Morgan fingerprint density at radius 3 is 3.19 bits per heavy atom. The Hall–Kier alpha value is -2.14. The van der Waals surface area contributed by atoms with E-state index in [1.807, 2.05) is 11.6 Å². The molecule has 5 nitrogen and oxygen atoms in total. The molecule has 2 aromatic heterocycles. The number of hydrogen-bond donors (Lipinski definition) is 2. The van der Waals surface area contributed by atoms with Gasteiger partial charge in [-0.05, 0) is 30.9 Å². The molecule has 0 spiro atoms. The van der Waals surface area contributed by atoms with Crippen LogP contribution < -0.4 is 5.32 Å². The van der Waals surface area contributed by atoms with Crippen LogP contribution in [-0.4, -0.2) is 25.8 Å². The van der Waals surface area contributed by atoms with Crippen LogP contribution in [0.15, 0.2) is 30.3 Å². The Kier molecular flexibility index (Phi) is 3.00. The summed E-state index contributed by atoms with van der Waals surface area (Å²) in [7, 11) is 0. The van der Waals surface area contributed by atoms with Gasteiger partial charge in [-0.1, -0.05) is 18.2 Å². The summed E-state index contributed by atoms with van der Waals surface area (Å²) in [4.78, 5) is 7.91. The third-order valence-electron chi connectivity index (χ3n) is 4.13. The van der Waals surface area contributed by atoms with Crippen molar-refractivity contribution in [3.8, 4) is 0 Å². The first-order valence-corrected chi connectivity index (χ1v) is 7.48. The summed E-state index contributed by atoms with van der Waals surface area (Å²) in [5.74, 6) is 2.00. The van der Waals surface area contributed by atoms with Crippen LogP contribution in [0.3, 0.4) is 0 Å². The van der Waals surface area contributed by atoms with E-state index in [4.69, 9.17) is 0 Å². The standard InChI is InChI=1S/C16H19N5/c1-11-18-16-7-6-13(10-21(16)20-11)17-9-14-8-12-4-2-3-5-15(12)19-14/h2-5,8,13,17,19H,6-7,9-10H2,1H3. The Morgan fingerprint density at radius 2 is 2.29 bits per heavy atom. The summed E-state index contributed by atoms with van der Waals surface area (Å²) in [5.41, 5.74) is 2.43. The minimum Gasteiger partial charge on any atom is -0.357 e. The molecule has 0 radical (unpaired) electrons. The molecule has 3 aromatic rings. The van der Waals surface area contributed by atoms with Gasteiger partial charge >= 0.3 is 0 Å². The zero-order valence-corrected chi connectivity index (χ0v) is 12.1. The van der Waals surface area contributed by atoms with Gasteiger partial charge in [-0.25, -0.2) is 9.67 Å². The van der Waals surface area contributed by atoms with E-state index in [1.54, 1.807) is 0 Å². The highest BCUT2D eigenvalue weighted by Crippen LogP contribution is 2.16. The van der Waals surface area contributed by atoms with Gasteiger partial charge in [-0.2, -0.15) is 5.10 Å². The molecule has 0 amide bonds. The number of rotatable bonds is 3. The first-order valence-electron chi connectivity index (χ1n) is 7.48. The van der Waals surface area contributed by atoms with Gasteiger partial charge in [0.15, 0.2) is 0 Å². The number of para-hydroxylation sites is 1. The van der Waals surface area contributed by atoms with Crippen molar-refractivity contribution in [2.75, 3.05) is 0 Å². The largest absolute Gasteiger partial charge is 0.357 e. The molecular weight excluding hydrogens is 262 g/mol. The van der Waals surface area contributed by atoms with Gasteiger partial charge in [0.05, 0.1) is 6.54 Å². The predicted molar refractivity (Wildman–Crippen MR) is 82.0 cm³/mol. The summed E-state index contributed by atoms with van der Waals surface area (Å²) in [5, 5.41) is 9.35. The zero-order valence-electron chi connectivity index (χ0n) is 12.1. The maximum absolute atomic E-state index is 4.45. The minimum atomic E-state index is 0.463. The van der Waals surface area contributed by atoms with Crippen molar-refractivity contribution >= 4 is 10.9 Å². The molecule has 0 bridgehead atoms. The van der Waals surface area contributed by atoms with Gasteiger partial charge in [0.1, 0.15) is 11.6 Å². The second-order valence-electron chi connectivity index (χ2n) is 5.76. The van der Waals surface area contributed by atoms with Gasteiger partial charge in [-0.15, -0.1) is 0 Å². The summed E-state index contributed by atoms with van der Waals surface area (Å²) in [6.45, 7) is 3.73. The maximum Gasteiger partial charge on any atom is 0.147 e. The van der Waals surface area contributed by atoms with Crippen molar-refractivity contribution in [1.29, 1.82) is 0 Å². The van der Waals surface area contributed by atoms with Gasteiger partial charge in [0.25, 0.3) is 0 Å². The predicted octanol–water partition coefficient (Wildman–Crippen LogP) is 2.17. The first kappa shape index (κ1) is 12.6. The van der Waals surface area contributed by atoms with E-state index in [2.05, 4.69) is 50.7 Å². The van der Waals surface area contributed by atoms with Crippen LogP contribution in [-0.2, 0) is 19.5 Å². The molecule has 3 heterocycles. The van der Waals surface area contributed by atoms with E-state index in [0.29, 0.717) is 6.04 Å². The van der Waals surface area contributed by atoms with Crippen LogP contribution in [0.25, 0.3) is 10.9 Å². The molecule has 1 aliphatic rings. The molecule has 5 heteroatoms. The molecule has 0 saturated heterocycles. The fourth-order valence-corrected chi connectivity index (χ4v) is 3.08. The van der Waals surface area contributed by atoms with E-state index in [0.717, 1.165) is 37.6 Å². The fraction of sp³-hybridized carbons (Fsp3) is 0.375. The van der Waals surface area contributed by atoms with Gasteiger partial charge in [0.2, 0.25) is 0 Å². The maximum atomic E-state index is 4.45. The molecule has 1 unspecified atom stereocenters. The molecule has 1 atom stereocenters. The summed E-state index contributed by atoms with van der Waals surface area (Å²) >= 11 is 0. The fourth-order valence-electron chi connectivity index (χ4n) is 3.08. The smallest absolute Gasteiger partial charge is 0.147 e. The van der Waals surface area contributed by atoms with E-state index >= 15 is 0 Å². The monoisotopic (exact) mass is 281 g/mol. The Labute approximate surface area is 123 Å². The molecule has 1 aliphatic heterocycles. The van der Waals surface area contributed by atoms with Crippen LogP contribution in [0.1, 0.15) is 23.8 Å². The number of fused-ring (bicyclic) bond motifs is 2. The Morgan fingerprint density at radius 1 is 1.38 bits per heavy atom. The average molecular weight is 281 g/mol. The highest BCUT2D eigenvalue weighted by atomic mass is 15.4.